The zero-order chi connectivity index (χ0) is 13.6. The van der Waals surface area contributed by atoms with E-state index in [1.54, 1.807) is 6.92 Å². The van der Waals surface area contributed by atoms with Crippen LogP contribution in [0, 0.1) is 6.92 Å². The molecule has 0 aliphatic heterocycles. The Labute approximate surface area is 155 Å². The average Bonchev–Trinajstić information content (AvgIpc) is 2.19. The fraction of sp³-hybridized carbons (Fsp3) is 0.375. The predicted molar refractivity (Wildman–Crippen MR) is 53.0 cm³/mol. The molecule has 0 aromatic carbocycles. The van der Waals surface area contributed by atoms with Gasteiger partial charge >= 0.3 is 46.6 Å². The smallest absolute Gasteiger partial charge is 1.00 e. The van der Waals surface area contributed by atoms with Crippen molar-refractivity contribution in [3.63, 3.8) is 0 Å². The van der Waals surface area contributed by atoms with Gasteiger partial charge in [-0.05, 0) is 6.92 Å². The normalized spacial score (nSPS) is 9.05. The van der Waals surface area contributed by atoms with Crippen molar-refractivity contribution in [3.8, 4) is 5.75 Å². The zero-order valence-corrected chi connectivity index (χ0v) is 15.3. The second-order valence-electron chi connectivity index (χ2n) is 2.92. The summed E-state index contributed by atoms with van der Waals surface area (Å²) < 4.78 is 34.1. The molecule has 20 heavy (non-hydrogen) atoms. The van der Waals surface area contributed by atoms with Crippen molar-refractivity contribution < 1.29 is 91.9 Å². The maximum atomic E-state index is 9.38. The van der Waals surface area contributed by atoms with Gasteiger partial charge in [0.15, 0.2) is 0 Å². The third-order valence-corrected chi connectivity index (χ3v) is 1.76. The minimum Gasteiger partial charge on any atom is -1.00 e. The molecule has 0 unspecified atom stereocenters. The number of hydrogen-bond donors (Lipinski definition) is 3. The number of hydrogen-bond acceptors (Lipinski definition) is 8. The van der Waals surface area contributed by atoms with Crippen molar-refractivity contribution >= 4 is 10.4 Å². The number of aromatic nitrogens is 1. The van der Waals surface area contributed by atoms with Crippen molar-refractivity contribution in [1.29, 1.82) is 0 Å². The first-order chi connectivity index (χ1) is 7.70. The summed E-state index contributed by atoms with van der Waals surface area (Å²) in [5.41, 5.74) is 1.27. The van der Waals surface area contributed by atoms with Crippen molar-refractivity contribution in [3.05, 3.63) is 23.0 Å². The van der Waals surface area contributed by atoms with Gasteiger partial charge in [0.05, 0.1) is 18.9 Å². The maximum Gasteiger partial charge on any atom is 2.00 e. The Kier molecular flexibility index (Phi) is 19.0. The molecule has 111 valence electrons. The summed E-state index contributed by atoms with van der Waals surface area (Å²) >= 11 is 0. The van der Waals surface area contributed by atoms with Gasteiger partial charge in [0, 0.05) is 27.7 Å². The number of aliphatic hydroxyl groups is 2. The van der Waals surface area contributed by atoms with Gasteiger partial charge in [-0.2, -0.15) is 0 Å². The van der Waals surface area contributed by atoms with E-state index in [9.17, 15) is 5.11 Å². The summed E-state index contributed by atoms with van der Waals surface area (Å²) in [6, 6.07) is 0. The van der Waals surface area contributed by atoms with Crippen molar-refractivity contribution in [2.45, 2.75) is 20.1 Å². The molecule has 12 heteroatoms. The minimum atomic E-state index is -5.17. The van der Waals surface area contributed by atoms with Gasteiger partial charge in [-0.15, -0.1) is 0 Å². The van der Waals surface area contributed by atoms with E-state index in [0.29, 0.717) is 16.8 Å². The van der Waals surface area contributed by atoms with Gasteiger partial charge in [0.25, 0.3) is 0 Å². The predicted octanol–water partition coefficient (Wildman–Crippen LogP) is -7.25. The third-order valence-electron chi connectivity index (χ3n) is 1.76. The molecule has 1 aromatic rings. The van der Waals surface area contributed by atoms with Gasteiger partial charge in [-0.25, -0.2) is 0 Å². The van der Waals surface area contributed by atoms with Crippen molar-refractivity contribution in [2.75, 3.05) is 0 Å². The van der Waals surface area contributed by atoms with Crippen LogP contribution in [0.15, 0.2) is 6.20 Å². The quantitative estimate of drug-likeness (QED) is 0.260. The summed E-state index contributed by atoms with van der Waals surface area (Å²) in [6.07, 6.45) is 1.45. The molecular formula is C8H11ClMnNNaO7S. The summed E-state index contributed by atoms with van der Waals surface area (Å²) in [4.78, 5) is 3.84. The Bertz CT molecular complexity index is 480. The van der Waals surface area contributed by atoms with Crippen LogP contribution >= 0.6 is 0 Å². The summed E-state index contributed by atoms with van der Waals surface area (Å²) in [7, 11) is -5.17. The maximum absolute atomic E-state index is 9.38. The monoisotopic (exact) mass is 378 g/mol. The molecule has 1 rings (SSSR count). The van der Waals surface area contributed by atoms with Crippen LogP contribution in [0.2, 0.25) is 0 Å². The van der Waals surface area contributed by atoms with Crippen LogP contribution in [0.25, 0.3) is 0 Å². The molecular weight excluding hydrogens is 368 g/mol. The van der Waals surface area contributed by atoms with Gasteiger partial charge in [-0.3, -0.25) is 13.4 Å². The number of aromatic hydroxyl groups is 1. The summed E-state index contributed by atoms with van der Waals surface area (Å²) in [5, 5.41) is 27.0. The second-order valence-corrected chi connectivity index (χ2v) is 3.74. The standard InChI is InChI=1S/C8H11NO3.ClH.Mn.Na.H2O4S/c1-5-8(12)7(4-11)6(3-10)2-9-5;;;;1-5(2,3)4/h2,10-12H,3-4H2,1H3;1H;;;(H2,1,2,3,4)/q;;+2;+1;/p-3. The molecule has 0 atom stereocenters. The fourth-order valence-corrected chi connectivity index (χ4v) is 0.997. The third kappa shape index (κ3) is 12.3. The number of aliphatic hydroxyl groups excluding tert-OH is 2. The second kappa shape index (κ2) is 13.2. The molecule has 0 spiro atoms. The Morgan fingerprint density at radius 2 is 1.65 bits per heavy atom. The van der Waals surface area contributed by atoms with Gasteiger partial charge < -0.3 is 36.8 Å². The van der Waals surface area contributed by atoms with E-state index in [0.717, 1.165) is 0 Å². The van der Waals surface area contributed by atoms with Gasteiger partial charge in [0.2, 0.25) is 0 Å². The van der Waals surface area contributed by atoms with Crippen LogP contribution in [-0.4, -0.2) is 37.8 Å². The van der Waals surface area contributed by atoms with Crippen LogP contribution in [0.1, 0.15) is 16.8 Å². The SMILES string of the molecule is Cc1ncc(CO)c(CO)c1O.O=S(=O)([O-])[O-].[Cl-].[Mn+2].[Na+]. The minimum absolute atomic E-state index is 0. The Morgan fingerprint density at radius 1 is 1.25 bits per heavy atom. The number of rotatable bonds is 2. The van der Waals surface area contributed by atoms with E-state index in [1.165, 1.54) is 6.20 Å². The molecule has 0 saturated carbocycles. The van der Waals surface area contributed by atoms with E-state index in [-0.39, 0.29) is 78.0 Å². The fourth-order valence-electron chi connectivity index (χ4n) is 0.997. The number of nitrogens with zero attached hydrogens (tertiary/aromatic N) is 1. The molecule has 0 amide bonds. The number of aryl methyl sites for hydroxylation is 1. The molecule has 0 aliphatic carbocycles. The van der Waals surface area contributed by atoms with Crippen LogP contribution in [0.3, 0.4) is 0 Å². The Morgan fingerprint density at radius 3 is 1.95 bits per heavy atom. The van der Waals surface area contributed by atoms with Crippen LogP contribution in [0.5, 0.6) is 5.75 Å². The molecule has 0 saturated heterocycles. The van der Waals surface area contributed by atoms with Crippen LogP contribution in [-0.2, 0) is 40.7 Å². The molecule has 3 N–H and O–H groups in total. The van der Waals surface area contributed by atoms with Crippen LogP contribution in [0.4, 0.5) is 0 Å². The number of halogens is 1. The molecule has 1 heterocycles. The van der Waals surface area contributed by atoms with Crippen LogP contribution < -0.4 is 42.0 Å². The molecule has 8 nitrogen and oxygen atoms in total. The largest absolute Gasteiger partial charge is 2.00 e. The molecule has 1 radical (unpaired) electrons. The van der Waals surface area contributed by atoms with E-state index in [1.807, 2.05) is 0 Å². The average molecular weight is 379 g/mol. The van der Waals surface area contributed by atoms with E-state index in [2.05, 4.69) is 4.98 Å². The van der Waals surface area contributed by atoms with Gasteiger partial charge in [0.1, 0.15) is 5.75 Å². The Hall–Kier alpha value is 0.549. The molecule has 1 aromatic heterocycles. The molecule has 0 fully saturated rings. The molecule has 0 bridgehead atoms. The van der Waals surface area contributed by atoms with E-state index in [4.69, 9.17) is 27.7 Å². The first-order valence-electron chi connectivity index (χ1n) is 4.25. The first kappa shape index (κ1) is 28.7. The summed E-state index contributed by atoms with van der Waals surface area (Å²) in [6.45, 7) is 1.12. The molecule has 0 aliphatic rings. The summed E-state index contributed by atoms with van der Waals surface area (Å²) in [5.74, 6) is -0.0379. The van der Waals surface area contributed by atoms with Gasteiger partial charge in [-0.1, -0.05) is 0 Å². The van der Waals surface area contributed by atoms with Crippen molar-refractivity contribution in [1.82, 2.24) is 4.98 Å². The van der Waals surface area contributed by atoms with E-state index >= 15 is 0 Å². The van der Waals surface area contributed by atoms with Crippen molar-refractivity contribution in [2.24, 2.45) is 0 Å². The first-order valence-corrected chi connectivity index (χ1v) is 5.58. The zero-order valence-electron chi connectivity index (χ0n) is 10.6. The Balaban J connectivity index is -0.000000141. The number of pyridine rings is 1. The topological polar surface area (TPSA) is 154 Å². The van der Waals surface area contributed by atoms with E-state index < -0.39 is 10.4 Å².